The highest BCUT2D eigenvalue weighted by atomic mass is 35.5. The molecular formula is C7H12Cl2N2O2. The molecule has 0 atom stereocenters. The Kier molecular flexibility index (Phi) is 6.72. The molecule has 4 nitrogen and oxygen atoms in total. The van der Waals surface area contributed by atoms with E-state index in [4.69, 9.17) is 23.2 Å². The molecule has 2 N–H and O–H groups in total. The largest absolute Gasteiger partial charge is 0.273 e. The number of unbranched alkanes of at least 4 members (excludes halogenated alkanes) is 1. The van der Waals surface area contributed by atoms with Crippen LogP contribution in [0.5, 0.6) is 0 Å². The zero-order valence-corrected chi connectivity index (χ0v) is 8.78. The van der Waals surface area contributed by atoms with Crippen molar-refractivity contribution in [1.29, 1.82) is 0 Å². The molecular weight excluding hydrogens is 215 g/mol. The summed E-state index contributed by atoms with van der Waals surface area (Å²) in [5, 5.41) is 0. The molecule has 0 fully saturated rings. The van der Waals surface area contributed by atoms with Crippen LogP contribution in [0.2, 0.25) is 0 Å². The van der Waals surface area contributed by atoms with Crippen LogP contribution >= 0.6 is 23.2 Å². The van der Waals surface area contributed by atoms with Gasteiger partial charge in [0.1, 0.15) is 0 Å². The third kappa shape index (κ3) is 6.66. The third-order valence-electron chi connectivity index (χ3n) is 1.28. The zero-order chi connectivity index (χ0) is 10.3. The van der Waals surface area contributed by atoms with Gasteiger partial charge in [-0.15, -0.1) is 0 Å². The van der Waals surface area contributed by atoms with E-state index in [9.17, 15) is 9.59 Å². The number of rotatable bonds is 4. The van der Waals surface area contributed by atoms with Crippen LogP contribution in [-0.2, 0) is 9.59 Å². The van der Waals surface area contributed by atoms with Crippen molar-refractivity contribution < 1.29 is 9.59 Å². The van der Waals surface area contributed by atoms with Gasteiger partial charge in [-0.2, -0.15) is 0 Å². The lowest BCUT2D eigenvalue weighted by molar-refractivity contribution is -0.128. The lowest BCUT2D eigenvalue weighted by Gasteiger charge is -2.06. The van der Waals surface area contributed by atoms with E-state index in [-0.39, 0.29) is 5.91 Å². The summed E-state index contributed by atoms with van der Waals surface area (Å²) in [4.78, 5) is 20.5. The second-order valence-corrected chi connectivity index (χ2v) is 3.54. The minimum absolute atomic E-state index is 0.246. The standard InChI is InChI=1S/C7H12Cl2N2O2/c1-2-3-4-5(12)10-11-7(13)6(8)9/h6H,2-4H2,1H3,(H,10,12)(H,11,13). The first kappa shape index (κ1) is 12.5. The van der Waals surface area contributed by atoms with Crippen LogP contribution < -0.4 is 10.9 Å². The van der Waals surface area contributed by atoms with Crippen molar-refractivity contribution in [2.75, 3.05) is 0 Å². The van der Waals surface area contributed by atoms with Gasteiger partial charge in [0, 0.05) is 6.42 Å². The number of halogens is 2. The van der Waals surface area contributed by atoms with E-state index >= 15 is 0 Å². The average molecular weight is 227 g/mol. The van der Waals surface area contributed by atoms with Crippen LogP contribution in [0.1, 0.15) is 26.2 Å². The lowest BCUT2D eigenvalue weighted by Crippen LogP contribution is -2.43. The van der Waals surface area contributed by atoms with Crippen molar-refractivity contribution in [2.24, 2.45) is 0 Å². The fourth-order valence-electron chi connectivity index (χ4n) is 0.586. The van der Waals surface area contributed by atoms with Crippen molar-refractivity contribution in [3.05, 3.63) is 0 Å². The molecule has 0 bridgehead atoms. The smallest absolute Gasteiger partial charge is 0.271 e. The molecule has 0 rings (SSSR count). The Labute approximate surface area is 86.9 Å². The maximum absolute atomic E-state index is 10.9. The summed E-state index contributed by atoms with van der Waals surface area (Å²) in [7, 11) is 0. The Morgan fingerprint density at radius 2 is 1.92 bits per heavy atom. The number of amides is 2. The molecule has 13 heavy (non-hydrogen) atoms. The Morgan fingerprint density at radius 3 is 2.38 bits per heavy atom. The van der Waals surface area contributed by atoms with Crippen LogP contribution in [0.25, 0.3) is 0 Å². The van der Waals surface area contributed by atoms with Gasteiger partial charge >= 0.3 is 0 Å². The number of hydrogen-bond donors (Lipinski definition) is 2. The number of carbonyl (C=O) groups is 2. The first-order valence-corrected chi connectivity index (χ1v) is 4.82. The van der Waals surface area contributed by atoms with E-state index < -0.39 is 10.7 Å². The summed E-state index contributed by atoms with van der Waals surface area (Å²) in [6.07, 6.45) is 2.09. The van der Waals surface area contributed by atoms with E-state index in [0.29, 0.717) is 6.42 Å². The van der Waals surface area contributed by atoms with Crippen molar-refractivity contribution in [3.63, 3.8) is 0 Å². The quantitative estimate of drug-likeness (QED) is 0.558. The number of hydrazine groups is 1. The highest BCUT2D eigenvalue weighted by molar-refractivity contribution is 6.53. The Balaban J connectivity index is 3.52. The molecule has 0 aliphatic heterocycles. The summed E-state index contributed by atoms with van der Waals surface area (Å²) < 4.78 is 0. The Bertz CT molecular complexity index is 185. The molecule has 2 amide bonds. The molecule has 0 unspecified atom stereocenters. The van der Waals surface area contributed by atoms with Gasteiger partial charge in [0.2, 0.25) is 5.91 Å². The molecule has 0 aromatic carbocycles. The monoisotopic (exact) mass is 226 g/mol. The van der Waals surface area contributed by atoms with Gasteiger partial charge in [0.05, 0.1) is 0 Å². The van der Waals surface area contributed by atoms with Gasteiger partial charge in [-0.25, -0.2) is 0 Å². The second-order valence-electron chi connectivity index (χ2n) is 2.44. The SMILES string of the molecule is CCCCC(=O)NNC(=O)C(Cl)Cl. The van der Waals surface area contributed by atoms with E-state index in [0.717, 1.165) is 12.8 Å². The van der Waals surface area contributed by atoms with Crippen LogP contribution in [0.3, 0.4) is 0 Å². The fraction of sp³-hybridized carbons (Fsp3) is 0.714. The van der Waals surface area contributed by atoms with Gasteiger partial charge in [0.25, 0.3) is 5.91 Å². The molecule has 76 valence electrons. The van der Waals surface area contributed by atoms with Gasteiger partial charge in [-0.1, -0.05) is 36.5 Å². The number of nitrogens with one attached hydrogen (secondary N) is 2. The van der Waals surface area contributed by atoms with Crippen molar-refractivity contribution in [1.82, 2.24) is 10.9 Å². The van der Waals surface area contributed by atoms with E-state index in [1.54, 1.807) is 0 Å². The van der Waals surface area contributed by atoms with Crippen LogP contribution in [0.4, 0.5) is 0 Å². The topological polar surface area (TPSA) is 58.2 Å². The summed E-state index contributed by atoms with van der Waals surface area (Å²) in [5.74, 6) is -0.877. The molecule has 0 aromatic heterocycles. The average Bonchev–Trinajstić information content (AvgIpc) is 2.10. The van der Waals surface area contributed by atoms with Gasteiger partial charge < -0.3 is 0 Å². The van der Waals surface area contributed by atoms with Crippen molar-refractivity contribution in [2.45, 2.75) is 31.0 Å². The van der Waals surface area contributed by atoms with Gasteiger partial charge in [-0.3, -0.25) is 20.4 Å². The zero-order valence-electron chi connectivity index (χ0n) is 7.27. The third-order valence-corrected chi connectivity index (χ3v) is 1.68. The maximum Gasteiger partial charge on any atom is 0.271 e. The lowest BCUT2D eigenvalue weighted by atomic mass is 10.2. The second kappa shape index (κ2) is 6.97. The summed E-state index contributed by atoms with van der Waals surface area (Å²) in [6, 6.07) is 0. The summed E-state index contributed by atoms with van der Waals surface area (Å²) >= 11 is 10.4. The molecule has 0 aliphatic rings. The molecule has 0 spiro atoms. The summed E-state index contributed by atoms with van der Waals surface area (Å²) in [5.41, 5.74) is 4.28. The minimum atomic E-state index is -1.16. The molecule has 0 aromatic rings. The highest BCUT2D eigenvalue weighted by Crippen LogP contribution is 1.99. The highest BCUT2D eigenvalue weighted by Gasteiger charge is 2.11. The first-order chi connectivity index (χ1) is 6.07. The van der Waals surface area contributed by atoms with Crippen molar-refractivity contribution in [3.8, 4) is 0 Å². The first-order valence-electron chi connectivity index (χ1n) is 3.94. The molecule has 0 heterocycles. The van der Waals surface area contributed by atoms with Gasteiger partial charge in [0.15, 0.2) is 4.84 Å². The molecule has 0 radical (unpaired) electrons. The van der Waals surface area contributed by atoms with E-state index in [2.05, 4.69) is 10.9 Å². The van der Waals surface area contributed by atoms with Crippen LogP contribution in [0, 0.1) is 0 Å². The van der Waals surface area contributed by atoms with Gasteiger partial charge in [-0.05, 0) is 6.42 Å². The Morgan fingerprint density at radius 1 is 1.31 bits per heavy atom. The molecule has 0 saturated heterocycles. The number of alkyl halides is 2. The minimum Gasteiger partial charge on any atom is -0.273 e. The number of hydrogen-bond acceptors (Lipinski definition) is 2. The fourth-order valence-corrected chi connectivity index (χ4v) is 0.695. The summed E-state index contributed by atoms with van der Waals surface area (Å²) in [6.45, 7) is 1.97. The predicted molar refractivity (Wildman–Crippen MR) is 51.3 cm³/mol. The van der Waals surface area contributed by atoms with E-state index in [1.807, 2.05) is 6.92 Å². The normalized spacial score (nSPS) is 9.85. The predicted octanol–water partition coefficient (Wildman–Crippen LogP) is 1.13. The molecule has 0 aliphatic carbocycles. The maximum atomic E-state index is 10.9. The Hall–Kier alpha value is -0.480. The molecule has 0 saturated carbocycles. The number of carbonyl (C=O) groups excluding carboxylic acids is 2. The van der Waals surface area contributed by atoms with Crippen LogP contribution in [0.15, 0.2) is 0 Å². The van der Waals surface area contributed by atoms with Crippen LogP contribution in [-0.4, -0.2) is 16.7 Å². The van der Waals surface area contributed by atoms with Crippen molar-refractivity contribution >= 4 is 35.0 Å². The van der Waals surface area contributed by atoms with E-state index in [1.165, 1.54) is 0 Å². The molecule has 6 heteroatoms.